The summed E-state index contributed by atoms with van der Waals surface area (Å²) in [4.78, 5) is 6.19. The summed E-state index contributed by atoms with van der Waals surface area (Å²) in [6.07, 6.45) is 4.92. The third kappa shape index (κ3) is 2.60. The second-order valence-electron chi connectivity index (χ2n) is 3.74. The van der Waals surface area contributed by atoms with E-state index in [-0.39, 0.29) is 0 Å². The SMILES string of the molecule is N#CCN1CC=C(c2ccc(Cl)nc2)CC1. The molecule has 2 rings (SSSR count). The monoisotopic (exact) mass is 233 g/mol. The summed E-state index contributed by atoms with van der Waals surface area (Å²) in [6.45, 7) is 2.27. The molecule has 0 unspecified atom stereocenters. The van der Waals surface area contributed by atoms with Crippen molar-refractivity contribution in [3.8, 4) is 6.07 Å². The van der Waals surface area contributed by atoms with Crippen LogP contribution in [0.4, 0.5) is 0 Å². The predicted octanol–water partition coefficient (Wildman–Crippen LogP) is 2.35. The van der Waals surface area contributed by atoms with Gasteiger partial charge in [-0.15, -0.1) is 0 Å². The molecule has 0 fully saturated rings. The zero-order chi connectivity index (χ0) is 11.4. The van der Waals surface area contributed by atoms with E-state index < -0.39 is 0 Å². The van der Waals surface area contributed by atoms with Crippen molar-refractivity contribution in [1.82, 2.24) is 9.88 Å². The van der Waals surface area contributed by atoms with Crippen LogP contribution in [-0.4, -0.2) is 29.5 Å². The van der Waals surface area contributed by atoms with Gasteiger partial charge in [-0.1, -0.05) is 23.7 Å². The Hall–Kier alpha value is -1.37. The summed E-state index contributed by atoms with van der Waals surface area (Å²) in [5, 5.41) is 9.11. The first-order valence-corrected chi connectivity index (χ1v) is 5.57. The van der Waals surface area contributed by atoms with Crippen LogP contribution in [0.2, 0.25) is 5.15 Å². The molecule has 4 heteroatoms. The van der Waals surface area contributed by atoms with Crippen molar-refractivity contribution in [2.45, 2.75) is 6.42 Å². The van der Waals surface area contributed by atoms with Crippen LogP contribution in [0.1, 0.15) is 12.0 Å². The Kier molecular flexibility index (Phi) is 3.55. The summed E-state index contributed by atoms with van der Waals surface area (Å²) in [7, 11) is 0. The number of rotatable bonds is 2. The number of nitriles is 1. The fourth-order valence-electron chi connectivity index (χ4n) is 1.78. The molecule has 0 aromatic carbocycles. The molecule has 0 bridgehead atoms. The maximum atomic E-state index is 8.59. The van der Waals surface area contributed by atoms with Crippen molar-refractivity contribution < 1.29 is 0 Å². The molecule has 1 aliphatic heterocycles. The molecule has 0 radical (unpaired) electrons. The highest BCUT2D eigenvalue weighted by Gasteiger charge is 2.12. The van der Waals surface area contributed by atoms with Gasteiger partial charge >= 0.3 is 0 Å². The lowest BCUT2D eigenvalue weighted by molar-refractivity contribution is 0.338. The highest BCUT2D eigenvalue weighted by atomic mass is 35.5. The van der Waals surface area contributed by atoms with Gasteiger partial charge < -0.3 is 0 Å². The van der Waals surface area contributed by atoms with Gasteiger partial charge in [-0.2, -0.15) is 5.26 Å². The lowest BCUT2D eigenvalue weighted by atomic mass is 10.0. The summed E-state index contributed by atoms with van der Waals surface area (Å²) in [5.74, 6) is 0. The number of nitrogens with zero attached hydrogens (tertiary/aromatic N) is 3. The van der Waals surface area contributed by atoms with Crippen LogP contribution < -0.4 is 0 Å². The summed E-state index contributed by atoms with van der Waals surface area (Å²) < 4.78 is 0. The zero-order valence-corrected chi connectivity index (χ0v) is 9.61. The van der Waals surface area contributed by atoms with Crippen molar-refractivity contribution in [2.24, 2.45) is 0 Å². The molecule has 0 saturated carbocycles. The van der Waals surface area contributed by atoms with E-state index in [1.807, 2.05) is 6.07 Å². The van der Waals surface area contributed by atoms with Gasteiger partial charge in [0.2, 0.25) is 0 Å². The molecule has 1 aliphatic rings. The molecule has 0 N–H and O–H groups in total. The molecule has 16 heavy (non-hydrogen) atoms. The van der Waals surface area contributed by atoms with Gasteiger partial charge in [-0.25, -0.2) is 4.98 Å². The van der Waals surface area contributed by atoms with Gasteiger partial charge in [-0.3, -0.25) is 4.90 Å². The smallest absolute Gasteiger partial charge is 0.129 e. The van der Waals surface area contributed by atoms with Crippen LogP contribution in [0.15, 0.2) is 24.4 Å². The third-order valence-electron chi connectivity index (χ3n) is 2.69. The first-order chi connectivity index (χ1) is 7.79. The molecular formula is C12H12ClN3. The Morgan fingerprint density at radius 3 is 2.94 bits per heavy atom. The standard InChI is InChI=1S/C12H12ClN3/c13-12-2-1-11(9-15-12)10-3-6-16(7-4-10)8-5-14/h1-3,9H,4,6-8H2. The third-order valence-corrected chi connectivity index (χ3v) is 2.91. The van der Waals surface area contributed by atoms with E-state index in [9.17, 15) is 0 Å². The van der Waals surface area contributed by atoms with E-state index in [1.165, 1.54) is 5.57 Å². The molecule has 1 aromatic rings. The van der Waals surface area contributed by atoms with Crippen LogP contribution >= 0.6 is 11.6 Å². The van der Waals surface area contributed by atoms with Crippen molar-refractivity contribution in [1.29, 1.82) is 5.26 Å². The Morgan fingerprint density at radius 1 is 1.50 bits per heavy atom. The molecule has 0 atom stereocenters. The van der Waals surface area contributed by atoms with Crippen LogP contribution in [0.25, 0.3) is 5.57 Å². The lowest BCUT2D eigenvalue weighted by Gasteiger charge is -2.23. The average Bonchev–Trinajstić information content (AvgIpc) is 2.32. The molecule has 0 aliphatic carbocycles. The molecular weight excluding hydrogens is 222 g/mol. The van der Waals surface area contributed by atoms with Crippen molar-refractivity contribution in [2.75, 3.05) is 19.6 Å². The van der Waals surface area contributed by atoms with E-state index in [0.29, 0.717) is 11.7 Å². The fourth-order valence-corrected chi connectivity index (χ4v) is 1.89. The molecule has 82 valence electrons. The van der Waals surface area contributed by atoms with E-state index in [1.54, 1.807) is 12.3 Å². The molecule has 0 amide bonds. The molecule has 0 spiro atoms. The van der Waals surface area contributed by atoms with Crippen LogP contribution in [0.3, 0.4) is 0 Å². The van der Waals surface area contributed by atoms with Gasteiger partial charge in [0, 0.05) is 19.3 Å². The first kappa shape index (κ1) is 11.1. The number of halogens is 1. The molecule has 3 nitrogen and oxygen atoms in total. The second-order valence-corrected chi connectivity index (χ2v) is 4.13. The van der Waals surface area contributed by atoms with Crippen molar-refractivity contribution in [3.63, 3.8) is 0 Å². The fraction of sp³-hybridized carbons (Fsp3) is 0.333. The van der Waals surface area contributed by atoms with Crippen LogP contribution in [0, 0.1) is 11.3 Å². The highest BCUT2D eigenvalue weighted by molar-refractivity contribution is 6.29. The minimum Gasteiger partial charge on any atom is -0.287 e. The summed E-state index contributed by atoms with van der Waals surface area (Å²) in [6, 6.07) is 5.96. The lowest BCUT2D eigenvalue weighted by Crippen LogP contribution is -2.28. The first-order valence-electron chi connectivity index (χ1n) is 5.20. The van der Waals surface area contributed by atoms with Gasteiger partial charge in [-0.05, 0) is 23.6 Å². The quantitative estimate of drug-likeness (QED) is 0.582. The van der Waals surface area contributed by atoms with Crippen LogP contribution in [0.5, 0.6) is 0 Å². The normalized spacial score (nSPS) is 16.6. The van der Waals surface area contributed by atoms with Gasteiger partial charge in [0.25, 0.3) is 0 Å². The topological polar surface area (TPSA) is 39.9 Å². The van der Waals surface area contributed by atoms with Gasteiger partial charge in [0.15, 0.2) is 0 Å². The maximum Gasteiger partial charge on any atom is 0.129 e. The van der Waals surface area contributed by atoms with Crippen molar-refractivity contribution >= 4 is 17.2 Å². The Morgan fingerprint density at radius 2 is 2.38 bits per heavy atom. The molecule has 1 aromatic heterocycles. The number of hydrogen-bond acceptors (Lipinski definition) is 3. The Balaban J connectivity index is 2.07. The second kappa shape index (κ2) is 5.11. The minimum absolute atomic E-state index is 0.503. The molecule has 0 saturated heterocycles. The number of pyridine rings is 1. The maximum absolute atomic E-state index is 8.59. The highest BCUT2D eigenvalue weighted by Crippen LogP contribution is 2.22. The van der Waals surface area contributed by atoms with E-state index >= 15 is 0 Å². The Bertz CT molecular complexity index is 431. The van der Waals surface area contributed by atoms with E-state index in [4.69, 9.17) is 16.9 Å². The van der Waals surface area contributed by atoms with Crippen LogP contribution in [-0.2, 0) is 0 Å². The average molecular weight is 234 g/mol. The molecule has 2 heterocycles. The number of hydrogen-bond donors (Lipinski definition) is 0. The Labute approximate surface area is 100.0 Å². The largest absolute Gasteiger partial charge is 0.287 e. The van der Waals surface area contributed by atoms with E-state index in [0.717, 1.165) is 25.1 Å². The van der Waals surface area contributed by atoms with E-state index in [2.05, 4.69) is 22.0 Å². The zero-order valence-electron chi connectivity index (χ0n) is 8.86. The summed E-state index contributed by atoms with van der Waals surface area (Å²) >= 11 is 5.74. The van der Waals surface area contributed by atoms with Gasteiger partial charge in [0.05, 0.1) is 12.6 Å². The summed E-state index contributed by atoms with van der Waals surface area (Å²) in [5.41, 5.74) is 2.42. The number of aromatic nitrogens is 1. The predicted molar refractivity (Wildman–Crippen MR) is 63.9 cm³/mol. The minimum atomic E-state index is 0.503. The van der Waals surface area contributed by atoms with Crippen molar-refractivity contribution in [3.05, 3.63) is 35.1 Å². The van der Waals surface area contributed by atoms with Gasteiger partial charge in [0.1, 0.15) is 5.15 Å².